The minimum atomic E-state index is 0.783. The van der Waals surface area contributed by atoms with Gasteiger partial charge < -0.3 is 5.73 Å². The Morgan fingerprint density at radius 1 is 1.43 bits per heavy atom. The van der Waals surface area contributed by atoms with E-state index in [9.17, 15) is 0 Å². The maximum Gasteiger partial charge on any atom is 0.234 e. The number of hydrogen-bond donors (Lipinski definition) is 1. The number of anilines is 1. The molecule has 3 rings (SSSR count). The minimum Gasteiger partial charge on any atom is -0.390 e. The molecule has 0 bridgehead atoms. The molecule has 7 heteroatoms. The average Bonchev–Trinajstić information content (AvgIpc) is 2.75. The molecule has 2 N–H and O–H groups in total. The van der Waals surface area contributed by atoms with Gasteiger partial charge in [0.05, 0.1) is 5.00 Å². The molecule has 3 heterocycles. The molecule has 0 aliphatic heterocycles. The highest BCUT2D eigenvalue weighted by Gasteiger charge is 2.10. The maximum absolute atomic E-state index is 5.80. The summed E-state index contributed by atoms with van der Waals surface area (Å²) >= 11 is 2.99. The van der Waals surface area contributed by atoms with Crippen LogP contribution in [0.3, 0.4) is 0 Å². The molecule has 0 saturated heterocycles. The van der Waals surface area contributed by atoms with Crippen molar-refractivity contribution in [3.8, 4) is 10.6 Å². The van der Waals surface area contributed by atoms with Gasteiger partial charge in [0, 0.05) is 5.56 Å². The first-order valence-corrected chi connectivity index (χ1v) is 5.54. The van der Waals surface area contributed by atoms with E-state index in [1.165, 1.54) is 22.7 Å². The lowest BCUT2D eigenvalue weighted by molar-refractivity contribution is 0.960. The van der Waals surface area contributed by atoms with Gasteiger partial charge in [-0.05, 0) is 11.4 Å². The smallest absolute Gasteiger partial charge is 0.234 e. The van der Waals surface area contributed by atoms with E-state index in [0.717, 1.165) is 20.5 Å². The molecule has 0 unspecified atom stereocenters. The fourth-order valence-corrected chi connectivity index (χ4v) is 2.73. The topological polar surface area (TPSA) is 69.1 Å². The highest BCUT2D eigenvalue weighted by atomic mass is 32.1. The molecule has 0 amide bonds. The van der Waals surface area contributed by atoms with Gasteiger partial charge in [-0.15, -0.1) is 21.5 Å². The Hall–Kier alpha value is -1.47. The number of aromatic nitrogens is 4. The fourth-order valence-electron chi connectivity index (χ4n) is 1.17. The summed E-state index contributed by atoms with van der Waals surface area (Å²) in [5, 5.41) is 15.6. The summed E-state index contributed by atoms with van der Waals surface area (Å²) in [5.41, 5.74) is 6.78. The number of nitrogen functional groups attached to an aromatic ring is 1. The first-order chi connectivity index (χ1) is 6.84. The normalized spacial score (nSPS) is 11.1. The van der Waals surface area contributed by atoms with Gasteiger partial charge in [0.1, 0.15) is 6.33 Å². The standard InChI is InChI=1S/C7H5N5S2/c8-5-4(1-2-13-5)6-11-12-3-9-10-7(12)14-6/h1-3H,8H2. The number of nitrogens with two attached hydrogens (primary N) is 1. The van der Waals surface area contributed by atoms with Crippen molar-refractivity contribution < 1.29 is 0 Å². The molecule has 3 aromatic rings. The average molecular weight is 223 g/mol. The Balaban J connectivity index is 2.23. The number of fused-ring (bicyclic) bond motifs is 1. The van der Waals surface area contributed by atoms with E-state index < -0.39 is 0 Å². The molecule has 0 saturated carbocycles. The van der Waals surface area contributed by atoms with Gasteiger partial charge in [0.15, 0.2) is 5.01 Å². The SMILES string of the molecule is Nc1sccc1-c1nn2cnnc2s1. The Morgan fingerprint density at radius 2 is 2.36 bits per heavy atom. The zero-order chi connectivity index (χ0) is 9.54. The second-order valence-electron chi connectivity index (χ2n) is 2.66. The molecule has 0 aliphatic rings. The van der Waals surface area contributed by atoms with E-state index >= 15 is 0 Å². The van der Waals surface area contributed by atoms with Crippen LogP contribution >= 0.6 is 22.7 Å². The summed E-state index contributed by atoms with van der Waals surface area (Å²) < 4.78 is 1.65. The number of nitrogens with zero attached hydrogens (tertiary/aromatic N) is 4. The van der Waals surface area contributed by atoms with Crippen LogP contribution in [0.25, 0.3) is 15.5 Å². The van der Waals surface area contributed by atoms with E-state index in [1.807, 2.05) is 11.4 Å². The van der Waals surface area contributed by atoms with Crippen molar-refractivity contribution in [1.82, 2.24) is 19.8 Å². The summed E-state index contributed by atoms with van der Waals surface area (Å²) in [6, 6.07) is 1.96. The lowest BCUT2D eigenvalue weighted by atomic mass is 10.3. The van der Waals surface area contributed by atoms with Crippen molar-refractivity contribution in [1.29, 1.82) is 0 Å². The number of rotatable bonds is 1. The second-order valence-corrected chi connectivity index (χ2v) is 4.57. The van der Waals surface area contributed by atoms with Crippen LogP contribution < -0.4 is 5.73 Å². The van der Waals surface area contributed by atoms with E-state index in [-0.39, 0.29) is 0 Å². The Morgan fingerprint density at radius 3 is 3.07 bits per heavy atom. The number of hydrogen-bond acceptors (Lipinski definition) is 6. The Kier molecular flexibility index (Phi) is 1.55. The van der Waals surface area contributed by atoms with Gasteiger partial charge in [-0.2, -0.15) is 9.61 Å². The molecule has 3 aromatic heterocycles. The zero-order valence-corrected chi connectivity index (χ0v) is 8.55. The van der Waals surface area contributed by atoms with Crippen molar-refractivity contribution in [2.24, 2.45) is 0 Å². The lowest BCUT2D eigenvalue weighted by Crippen LogP contribution is -1.85. The van der Waals surface area contributed by atoms with Crippen LogP contribution in [-0.4, -0.2) is 19.8 Å². The monoisotopic (exact) mass is 223 g/mol. The second kappa shape index (κ2) is 2.76. The van der Waals surface area contributed by atoms with E-state index in [4.69, 9.17) is 5.73 Å². The van der Waals surface area contributed by atoms with Gasteiger partial charge >= 0.3 is 0 Å². The Labute approximate surface area is 86.8 Å². The summed E-state index contributed by atoms with van der Waals surface area (Å²) in [7, 11) is 0. The predicted molar refractivity (Wildman–Crippen MR) is 56.4 cm³/mol. The first-order valence-electron chi connectivity index (χ1n) is 3.85. The maximum atomic E-state index is 5.80. The van der Waals surface area contributed by atoms with Crippen LogP contribution in [0.1, 0.15) is 0 Å². The van der Waals surface area contributed by atoms with Gasteiger partial charge in [0.25, 0.3) is 0 Å². The predicted octanol–water partition coefficient (Wildman–Crippen LogP) is 1.50. The van der Waals surface area contributed by atoms with E-state index in [0.29, 0.717) is 0 Å². The third-order valence-corrected chi connectivity index (χ3v) is 3.50. The molecular weight excluding hydrogens is 218 g/mol. The molecule has 14 heavy (non-hydrogen) atoms. The van der Waals surface area contributed by atoms with Crippen LogP contribution in [0.5, 0.6) is 0 Å². The molecule has 70 valence electrons. The van der Waals surface area contributed by atoms with Crippen LogP contribution in [0, 0.1) is 0 Å². The van der Waals surface area contributed by atoms with Crippen molar-refractivity contribution in [3.05, 3.63) is 17.8 Å². The van der Waals surface area contributed by atoms with Gasteiger partial charge in [-0.25, -0.2) is 0 Å². The third-order valence-electron chi connectivity index (χ3n) is 1.81. The quantitative estimate of drug-likeness (QED) is 0.678. The summed E-state index contributed by atoms with van der Waals surface area (Å²) in [6.45, 7) is 0. The highest BCUT2D eigenvalue weighted by molar-refractivity contribution is 7.20. The third kappa shape index (κ3) is 1.03. The highest BCUT2D eigenvalue weighted by Crippen LogP contribution is 2.32. The zero-order valence-electron chi connectivity index (χ0n) is 6.91. The van der Waals surface area contributed by atoms with E-state index in [1.54, 1.807) is 10.8 Å². The summed E-state index contributed by atoms with van der Waals surface area (Å²) in [5.74, 6) is 0. The summed E-state index contributed by atoms with van der Waals surface area (Å²) in [4.78, 5) is 0.783. The molecule has 0 radical (unpaired) electrons. The lowest BCUT2D eigenvalue weighted by Gasteiger charge is -1.90. The van der Waals surface area contributed by atoms with Crippen LogP contribution in [0.4, 0.5) is 5.00 Å². The molecule has 0 fully saturated rings. The van der Waals surface area contributed by atoms with Crippen LogP contribution in [-0.2, 0) is 0 Å². The Bertz CT molecular complexity index is 549. The first kappa shape index (κ1) is 7.89. The van der Waals surface area contributed by atoms with Gasteiger partial charge in [-0.1, -0.05) is 11.3 Å². The molecule has 5 nitrogen and oxygen atoms in total. The van der Waals surface area contributed by atoms with Crippen LogP contribution in [0.2, 0.25) is 0 Å². The molecule has 0 spiro atoms. The van der Waals surface area contributed by atoms with Crippen molar-refractivity contribution in [2.45, 2.75) is 0 Å². The molecule has 0 aromatic carbocycles. The van der Waals surface area contributed by atoms with Gasteiger partial charge in [0.2, 0.25) is 4.96 Å². The fraction of sp³-hybridized carbons (Fsp3) is 0. The van der Waals surface area contributed by atoms with Gasteiger partial charge in [-0.3, -0.25) is 0 Å². The van der Waals surface area contributed by atoms with Crippen LogP contribution in [0.15, 0.2) is 17.8 Å². The van der Waals surface area contributed by atoms with Crippen molar-refractivity contribution >= 4 is 32.6 Å². The molecule has 0 atom stereocenters. The molecular formula is C7H5N5S2. The number of thiophene rings is 1. The van der Waals surface area contributed by atoms with Crippen molar-refractivity contribution in [3.63, 3.8) is 0 Å². The van der Waals surface area contributed by atoms with E-state index in [2.05, 4.69) is 15.3 Å². The van der Waals surface area contributed by atoms with Crippen molar-refractivity contribution in [2.75, 3.05) is 5.73 Å². The minimum absolute atomic E-state index is 0.783. The summed E-state index contributed by atoms with van der Waals surface area (Å²) in [6.07, 6.45) is 1.58. The molecule has 0 aliphatic carbocycles. The largest absolute Gasteiger partial charge is 0.390 e.